The Morgan fingerprint density at radius 1 is 1.48 bits per heavy atom. The van der Waals surface area contributed by atoms with Gasteiger partial charge in [0.15, 0.2) is 0 Å². The van der Waals surface area contributed by atoms with E-state index in [4.69, 9.17) is 0 Å². The molecule has 0 radical (unpaired) electrons. The topological polar surface area (TPSA) is 88.8 Å². The molecule has 1 aliphatic rings. The van der Waals surface area contributed by atoms with Crippen LogP contribution in [0.15, 0.2) is 18.9 Å². The Morgan fingerprint density at radius 3 is 3.09 bits per heavy atom. The Labute approximate surface area is 135 Å². The Balaban J connectivity index is 1.64. The molecule has 2 heterocycles. The first-order valence-corrected chi connectivity index (χ1v) is 7.78. The van der Waals surface area contributed by atoms with Gasteiger partial charge in [-0.05, 0) is 19.3 Å². The van der Waals surface area contributed by atoms with Crippen molar-refractivity contribution >= 4 is 11.9 Å². The number of aromatic nitrogens is 5. The standard InChI is InChI=1S/C15H21N7O/c1-21(2)15-17-8-11-12(4-3-5-13(11)20-15)19-14(23)6-7-22-10-16-9-18-22/h8-10,12H,3-7H2,1-2H3,(H,19,23)/t12-/m0/s1. The highest BCUT2D eigenvalue weighted by Crippen LogP contribution is 2.28. The fraction of sp³-hybridized carbons (Fsp3) is 0.533. The number of hydrogen-bond donors (Lipinski definition) is 1. The van der Waals surface area contributed by atoms with Gasteiger partial charge in [0, 0.05) is 32.3 Å². The summed E-state index contributed by atoms with van der Waals surface area (Å²) in [6.45, 7) is 0.529. The molecule has 0 fully saturated rings. The van der Waals surface area contributed by atoms with E-state index in [2.05, 4.69) is 25.4 Å². The summed E-state index contributed by atoms with van der Waals surface area (Å²) in [4.78, 5) is 26.9. The molecule has 8 nitrogen and oxygen atoms in total. The maximum absolute atomic E-state index is 12.2. The lowest BCUT2D eigenvalue weighted by molar-refractivity contribution is -0.122. The number of nitrogens with zero attached hydrogens (tertiary/aromatic N) is 6. The molecule has 23 heavy (non-hydrogen) atoms. The van der Waals surface area contributed by atoms with Gasteiger partial charge in [-0.2, -0.15) is 5.10 Å². The van der Waals surface area contributed by atoms with Gasteiger partial charge in [-0.15, -0.1) is 0 Å². The van der Waals surface area contributed by atoms with E-state index in [1.54, 1.807) is 11.0 Å². The van der Waals surface area contributed by atoms with Gasteiger partial charge in [-0.1, -0.05) is 0 Å². The predicted molar refractivity (Wildman–Crippen MR) is 84.8 cm³/mol. The second-order valence-corrected chi connectivity index (χ2v) is 5.89. The van der Waals surface area contributed by atoms with E-state index in [0.29, 0.717) is 18.9 Å². The second-order valence-electron chi connectivity index (χ2n) is 5.89. The molecule has 2 aromatic heterocycles. The summed E-state index contributed by atoms with van der Waals surface area (Å²) in [5, 5.41) is 7.09. The molecule has 1 aliphatic carbocycles. The summed E-state index contributed by atoms with van der Waals surface area (Å²) in [7, 11) is 3.85. The van der Waals surface area contributed by atoms with Crippen LogP contribution >= 0.6 is 0 Å². The van der Waals surface area contributed by atoms with E-state index in [1.165, 1.54) is 6.33 Å². The van der Waals surface area contributed by atoms with Gasteiger partial charge in [0.05, 0.1) is 18.3 Å². The molecule has 122 valence electrons. The zero-order chi connectivity index (χ0) is 16.2. The summed E-state index contributed by atoms with van der Waals surface area (Å²) in [6, 6.07) is -0.00166. The monoisotopic (exact) mass is 315 g/mol. The van der Waals surface area contributed by atoms with E-state index >= 15 is 0 Å². The van der Waals surface area contributed by atoms with Crippen molar-refractivity contribution in [3.8, 4) is 0 Å². The highest BCUT2D eigenvalue weighted by molar-refractivity contribution is 5.76. The average Bonchev–Trinajstić information content (AvgIpc) is 3.06. The van der Waals surface area contributed by atoms with Gasteiger partial charge in [0.25, 0.3) is 0 Å². The van der Waals surface area contributed by atoms with Crippen LogP contribution in [0.5, 0.6) is 0 Å². The highest BCUT2D eigenvalue weighted by atomic mass is 16.1. The molecule has 1 atom stereocenters. The number of aryl methyl sites for hydroxylation is 2. The highest BCUT2D eigenvalue weighted by Gasteiger charge is 2.24. The van der Waals surface area contributed by atoms with Crippen LogP contribution in [0.1, 0.15) is 36.6 Å². The van der Waals surface area contributed by atoms with Crippen molar-refractivity contribution < 1.29 is 4.79 Å². The Bertz CT molecular complexity index is 668. The maximum Gasteiger partial charge on any atom is 0.225 e. The summed E-state index contributed by atoms with van der Waals surface area (Å²) >= 11 is 0. The Kier molecular flexibility index (Phi) is 4.50. The number of anilines is 1. The third-order valence-electron chi connectivity index (χ3n) is 3.94. The fourth-order valence-electron chi connectivity index (χ4n) is 2.73. The first-order valence-electron chi connectivity index (χ1n) is 7.78. The molecule has 3 rings (SSSR count). The summed E-state index contributed by atoms with van der Waals surface area (Å²) in [6.07, 6.45) is 8.18. The third kappa shape index (κ3) is 3.64. The lowest BCUT2D eigenvalue weighted by atomic mass is 9.92. The molecular formula is C15H21N7O. The number of carbonyl (C=O) groups is 1. The molecule has 8 heteroatoms. The van der Waals surface area contributed by atoms with Gasteiger partial charge in [0.2, 0.25) is 11.9 Å². The molecule has 0 aromatic carbocycles. The number of hydrogen-bond acceptors (Lipinski definition) is 6. The molecule has 0 bridgehead atoms. The number of amides is 1. The van der Waals surface area contributed by atoms with Gasteiger partial charge in [0.1, 0.15) is 12.7 Å². The van der Waals surface area contributed by atoms with Crippen LogP contribution in [0, 0.1) is 0 Å². The van der Waals surface area contributed by atoms with Gasteiger partial charge in [-0.25, -0.2) is 15.0 Å². The molecular weight excluding hydrogens is 294 g/mol. The SMILES string of the molecule is CN(C)c1ncc2c(n1)CCC[C@@H]2NC(=O)CCn1cncn1. The molecule has 0 aliphatic heterocycles. The summed E-state index contributed by atoms with van der Waals surface area (Å²) in [5.41, 5.74) is 2.08. The first-order chi connectivity index (χ1) is 11.1. The molecule has 0 spiro atoms. The molecule has 1 amide bonds. The van der Waals surface area contributed by atoms with Gasteiger partial charge < -0.3 is 10.2 Å². The zero-order valence-corrected chi connectivity index (χ0v) is 13.4. The van der Waals surface area contributed by atoms with E-state index in [0.717, 1.165) is 30.5 Å². The fourth-order valence-corrected chi connectivity index (χ4v) is 2.73. The summed E-state index contributed by atoms with van der Waals surface area (Å²) < 4.78 is 1.65. The number of rotatable bonds is 5. The van der Waals surface area contributed by atoms with Gasteiger partial charge >= 0.3 is 0 Å². The van der Waals surface area contributed by atoms with Crippen molar-refractivity contribution in [3.05, 3.63) is 30.1 Å². The molecule has 0 saturated heterocycles. The second kappa shape index (κ2) is 6.72. The summed E-state index contributed by atoms with van der Waals surface area (Å²) in [5.74, 6) is 0.719. The van der Waals surface area contributed by atoms with E-state index in [9.17, 15) is 4.79 Å². The minimum Gasteiger partial charge on any atom is -0.349 e. The van der Waals surface area contributed by atoms with Crippen molar-refractivity contribution in [1.29, 1.82) is 0 Å². The predicted octanol–water partition coefficient (Wildman–Crippen LogP) is 0.718. The minimum atomic E-state index is -0.00166. The Morgan fingerprint density at radius 2 is 2.35 bits per heavy atom. The van der Waals surface area contributed by atoms with Crippen LogP contribution in [0.25, 0.3) is 0 Å². The normalized spacial score (nSPS) is 16.7. The van der Waals surface area contributed by atoms with E-state index in [-0.39, 0.29) is 11.9 Å². The third-order valence-corrected chi connectivity index (χ3v) is 3.94. The zero-order valence-electron chi connectivity index (χ0n) is 13.4. The van der Waals surface area contributed by atoms with Crippen molar-refractivity contribution in [2.24, 2.45) is 0 Å². The number of carbonyl (C=O) groups excluding carboxylic acids is 1. The van der Waals surface area contributed by atoms with Crippen LogP contribution in [0.3, 0.4) is 0 Å². The maximum atomic E-state index is 12.2. The van der Waals surface area contributed by atoms with Crippen molar-refractivity contribution in [2.75, 3.05) is 19.0 Å². The van der Waals surface area contributed by atoms with Crippen molar-refractivity contribution in [2.45, 2.75) is 38.3 Å². The average molecular weight is 315 g/mol. The van der Waals surface area contributed by atoms with Crippen LogP contribution in [0.2, 0.25) is 0 Å². The Hall–Kier alpha value is -2.51. The van der Waals surface area contributed by atoms with Crippen LogP contribution in [0.4, 0.5) is 5.95 Å². The van der Waals surface area contributed by atoms with Crippen molar-refractivity contribution in [3.63, 3.8) is 0 Å². The molecule has 0 saturated carbocycles. The van der Waals surface area contributed by atoms with Gasteiger partial charge in [-0.3, -0.25) is 9.48 Å². The minimum absolute atomic E-state index is 0.00166. The van der Waals surface area contributed by atoms with Crippen molar-refractivity contribution in [1.82, 2.24) is 30.0 Å². The van der Waals surface area contributed by atoms with Crippen LogP contribution in [-0.4, -0.2) is 44.7 Å². The smallest absolute Gasteiger partial charge is 0.225 e. The largest absolute Gasteiger partial charge is 0.349 e. The van der Waals surface area contributed by atoms with E-state index < -0.39 is 0 Å². The van der Waals surface area contributed by atoms with E-state index in [1.807, 2.05) is 25.2 Å². The lowest BCUT2D eigenvalue weighted by Crippen LogP contribution is -2.32. The number of fused-ring (bicyclic) bond motifs is 1. The molecule has 2 aromatic rings. The van der Waals surface area contributed by atoms with Crippen LogP contribution in [-0.2, 0) is 17.8 Å². The quantitative estimate of drug-likeness (QED) is 0.874. The lowest BCUT2D eigenvalue weighted by Gasteiger charge is -2.26. The molecule has 1 N–H and O–H groups in total. The molecule has 0 unspecified atom stereocenters. The number of nitrogens with one attached hydrogen (secondary N) is 1. The van der Waals surface area contributed by atoms with Crippen LogP contribution < -0.4 is 10.2 Å². The first kappa shape index (κ1) is 15.4.